The fourth-order valence-electron chi connectivity index (χ4n) is 3.86. The largest absolute Gasteiger partial charge is 0.501 e. The van der Waals surface area contributed by atoms with Gasteiger partial charge in [-0.05, 0) is 24.5 Å². The topological polar surface area (TPSA) is 61.8 Å². The normalized spacial score (nSPS) is 28.2. The highest BCUT2D eigenvalue weighted by molar-refractivity contribution is 6.02. The van der Waals surface area contributed by atoms with Gasteiger partial charge in [-0.15, -0.1) is 0 Å². The number of hydrogen-bond acceptors (Lipinski definition) is 5. The summed E-state index contributed by atoms with van der Waals surface area (Å²) >= 11 is 0. The molecule has 25 heavy (non-hydrogen) atoms. The van der Waals surface area contributed by atoms with E-state index in [2.05, 4.69) is 0 Å². The second-order valence-corrected chi connectivity index (χ2v) is 6.54. The zero-order valence-corrected chi connectivity index (χ0v) is 14.7. The molecule has 0 radical (unpaired) electrons. The number of rotatable bonds is 7. The SMILES string of the molecule is CO/C(=C/[C@]1(c2ccccc2)C(=O)[C@@H]2CCO[C@@H]21)CCCOC(C)=O. The minimum absolute atomic E-state index is 0.0180. The molecule has 0 bridgehead atoms. The van der Waals surface area contributed by atoms with Crippen molar-refractivity contribution in [3.8, 4) is 0 Å². The van der Waals surface area contributed by atoms with Gasteiger partial charge >= 0.3 is 5.97 Å². The molecule has 1 aliphatic carbocycles. The first-order valence-corrected chi connectivity index (χ1v) is 8.70. The van der Waals surface area contributed by atoms with Crippen molar-refractivity contribution in [3.63, 3.8) is 0 Å². The number of Topliss-reactive ketones (excluding diaryl/α,β-unsaturated/α-hetero) is 1. The second-order valence-electron chi connectivity index (χ2n) is 6.54. The molecule has 2 aliphatic rings. The van der Waals surface area contributed by atoms with Gasteiger partial charge in [-0.3, -0.25) is 9.59 Å². The summed E-state index contributed by atoms with van der Waals surface area (Å²) in [5.41, 5.74) is 0.174. The fraction of sp³-hybridized carbons (Fsp3) is 0.500. The molecule has 0 aromatic heterocycles. The van der Waals surface area contributed by atoms with Gasteiger partial charge in [0.05, 0.1) is 25.6 Å². The summed E-state index contributed by atoms with van der Waals surface area (Å²) in [5, 5.41) is 0. The van der Waals surface area contributed by atoms with Crippen molar-refractivity contribution >= 4 is 11.8 Å². The van der Waals surface area contributed by atoms with Crippen LogP contribution in [0.2, 0.25) is 0 Å². The predicted molar refractivity (Wildman–Crippen MR) is 91.9 cm³/mol. The highest BCUT2D eigenvalue weighted by Crippen LogP contribution is 2.52. The first kappa shape index (κ1) is 17.7. The quantitative estimate of drug-likeness (QED) is 0.432. The summed E-state index contributed by atoms with van der Waals surface area (Å²) < 4.78 is 16.4. The summed E-state index contributed by atoms with van der Waals surface area (Å²) in [5.74, 6) is 0.615. The number of esters is 1. The van der Waals surface area contributed by atoms with Crippen molar-refractivity contribution in [2.75, 3.05) is 20.3 Å². The number of fused-ring (bicyclic) bond motifs is 1. The minimum atomic E-state index is -0.769. The molecule has 1 aromatic carbocycles. The molecule has 0 N–H and O–H groups in total. The van der Waals surface area contributed by atoms with Crippen molar-refractivity contribution in [1.29, 1.82) is 0 Å². The molecule has 0 spiro atoms. The number of ketones is 1. The van der Waals surface area contributed by atoms with Crippen LogP contribution in [-0.2, 0) is 29.2 Å². The van der Waals surface area contributed by atoms with Gasteiger partial charge in [0, 0.05) is 25.9 Å². The van der Waals surface area contributed by atoms with E-state index in [1.165, 1.54) is 6.92 Å². The summed E-state index contributed by atoms with van der Waals surface area (Å²) in [6, 6.07) is 9.76. The van der Waals surface area contributed by atoms with Gasteiger partial charge in [-0.25, -0.2) is 0 Å². The Bertz CT molecular complexity index is 666. The Kier molecular flexibility index (Phi) is 5.23. The van der Waals surface area contributed by atoms with Crippen molar-refractivity contribution < 1.29 is 23.8 Å². The third kappa shape index (κ3) is 3.21. The van der Waals surface area contributed by atoms with Crippen LogP contribution >= 0.6 is 0 Å². The third-order valence-corrected chi connectivity index (χ3v) is 5.06. The molecule has 1 aromatic rings. The smallest absolute Gasteiger partial charge is 0.302 e. The van der Waals surface area contributed by atoms with E-state index in [0.717, 1.165) is 17.7 Å². The van der Waals surface area contributed by atoms with E-state index < -0.39 is 5.41 Å². The molecule has 1 saturated carbocycles. The Morgan fingerprint density at radius 3 is 2.80 bits per heavy atom. The van der Waals surface area contributed by atoms with Crippen LogP contribution in [0, 0.1) is 5.92 Å². The maximum Gasteiger partial charge on any atom is 0.302 e. The van der Waals surface area contributed by atoms with Gasteiger partial charge in [0.15, 0.2) is 5.78 Å². The van der Waals surface area contributed by atoms with Crippen LogP contribution < -0.4 is 0 Å². The van der Waals surface area contributed by atoms with E-state index in [1.807, 2.05) is 36.4 Å². The molecule has 5 heteroatoms. The van der Waals surface area contributed by atoms with E-state index in [0.29, 0.717) is 26.1 Å². The summed E-state index contributed by atoms with van der Waals surface area (Å²) in [7, 11) is 1.60. The van der Waals surface area contributed by atoms with Gasteiger partial charge < -0.3 is 14.2 Å². The van der Waals surface area contributed by atoms with Gasteiger partial charge in [0.1, 0.15) is 5.41 Å². The van der Waals surface area contributed by atoms with Crippen molar-refractivity contribution in [2.45, 2.75) is 37.7 Å². The molecule has 2 fully saturated rings. The highest BCUT2D eigenvalue weighted by Gasteiger charge is 2.64. The lowest BCUT2D eigenvalue weighted by Crippen LogP contribution is -2.62. The Morgan fingerprint density at radius 2 is 2.12 bits per heavy atom. The summed E-state index contributed by atoms with van der Waals surface area (Å²) in [6.45, 7) is 2.35. The van der Waals surface area contributed by atoms with E-state index in [-0.39, 0.29) is 23.8 Å². The van der Waals surface area contributed by atoms with Crippen LogP contribution in [-0.4, -0.2) is 38.2 Å². The maximum atomic E-state index is 13.0. The van der Waals surface area contributed by atoms with E-state index >= 15 is 0 Å². The lowest BCUT2D eigenvalue weighted by Gasteiger charge is -2.48. The first-order valence-electron chi connectivity index (χ1n) is 8.70. The van der Waals surface area contributed by atoms with Crippen molar-refractivity contribution in [2.24, 2.45) is 5.92 Å². The molecule has 1 heterocycles. The van der Waals surface area contributed by atoms with E-state index in [9.17, 15) is 9.59 Å². The molecule has 0 amide bonds. The molecular weight excluding hydrogens is 320 g/mol. The Morgan fingerprint density at radius 1 is 1.36 bits per heavy atom. The zero-order chi connectivity index (χ0) is 17.9. The lowest BCUT2D eigenvalue weighted by molar-refractivity contribution is -0.147. The van der Waals surface area contributed by atoms with Gasteiger partial charge in [-0.2, -0.15) is 0 Å². The van der Waals surface area contributed by atoms with Gasteiger partial charge in [0.2, 0.25) is 0 Å². The average Bonchev–Trinajstić information content (AvgIpc) is 3.08. The van der Waals surface area contributed by atoms with Crippen LogP contribution in [0.1, 0.15) is 31.7 Å². The summed E-state index contributed by atoms with van der Waals surface area (Å²) in [6.07, 6.45) is 3.84. The van der Waals surface area contributed by atoms with E-state index in [1.54, 1.807) is 7.11 Å². The lowest BCUT2D eigenvalue weighted by atomic mass is 9.55. The number of ether oxygens (including phenoxy) is 3. The van der Waals surface area contributed by atoms with Crippen LogP contribution in [0.25, 0.3) is 0 Å². The van der Waals surface area contributed by atoms with Crippen molar-refractivity contribution in [3.05, 3.63) is 47.7 Å². The zero-order valence-electron chi connectivity index (χ0n) is 14.7. The number of benzene rings is 1. The summed E-state index contributed by atoms with van der Waals surface area (Å²) in [4.78, 5) is 23.9. The Balaban J connectivity index is 1.85. The molecule has 134 valence electrons. The molecular formula is C20H24O5. The third-order valence-electron chi connectivity index (χ3n) is 5.06. The number of methoxy groups -OCH3 is 1. The van der Waals surface area contributed by atoms with Crippen molar-refractivity contribution in [1.82, 2.24) is 0 Å². The molecule has 0 unspecified atom stereocenters. The van der Waals surface area contributed by atoms with Gasteiger partial charge in [-0.1, -0.05) is 30.3 Å². The second kappa shape index (κ2) is 7.40. The number of carbonyl (C=O) groups is 2. The minimum Gasteiger partial charge on any atom is -0.501 e. The Labute approximate surface area is 148 Å². The molecule has 3 rings (SSSR count). The molecule has 3 atom stereocenters. The first-order chi connectivity index (χ1) is 12.1. The highest BCUT2D eigenvalue weighted by atomic mass is 16.5. The average molecular weight is 344 g/mol. The molecule has 1 aliphatic heterocycles. The standard InChI is InChI=1S/C20H24O5/c1-14(21)24-11-6-9-16(23-2)13-20(15-7-4-3-5-8-15)18(22)17-10-12-25-19(17)20/h3-5,7-8,13,17,19H,6,9-12H2,1-2H3/b16-13+/t17-,19-,20-/m0/s1. The molecule has 1 saturated heterocycles. The van der Waals surface area contributed by atoms with Gasteiger partial charge in [0.25, 0.3) is 0 Å². The van der Waals surface area contributed by atoms with Crippen LogP contribution in [0.3, 0.4) is 0 Å². The number of carbonyl (C=O) groups excluding carboxylic acids is 2. The molecule has 5 nitrogen and oxygen atoms in total. The van der Waals surface area contributed by atoms with Crippen LogP contribution in [0.5, 0.6) is 0 Å². The maximum absolute atomic E-state index is 13.0. The predicted octanol–water partition coefficient (Wildman–Crippen LogP) is 2.79. The van der Waals surface area contributed by atoms with Crippen LogP contribution in [0.15, 0.2) is 42.2 Å². The Hall–Kier alpha value is -2.14. The number of allylic oxidation sites excluding steroid dienone is 1. The van der Waals surface area contributed by atoms with E-state index in [4.69, 9.17) is 14.2 Å². The fourth-order valence-corrected chi connectivity index (χ4v) is 3.86. The van der Waals surface area contributed by atoms with Crippen LogP contribution in [0.4, 0.5) is 0 Å². The number of hydrogen-bond donors (Lipinski definition) is 0. The monoisotopic (exact) mass is 344 g/mol.